The predicted molar refractivity (Wildman–Crippen MR) is 119 cm³/mol. The largest absolute Gasteiger partial charge is 0.469 e. The molecule has 2 aliphatic rings. The van der Waals surface area contributed by atoms with Gasteiger partial charge in [-0.3, -0.25) is 4.79 Å². The van der Waals surface area contributed by atoms with Gasteiger partial charge in [0.15, 0.2) is 5.79 Å². The number of aliphatic hydroxyl groups excluding tert-OH is 1. The molecule has 1 heterocycles. The zero-order chi connectivity index (χ0) is 21.7. The van der Waals surface area contributed by atoms with Gasteiger partial charge in [-0.25, -0.2) is 0 Å². The first-order valence-corrected chi connectivity index (χ1v) is 12.0. The van der Waals surface area contributed by atoms with Crippen LogP contribution in [-0.4, -0.2) is 43.3 Å². The predicted octanol–water partition coefficient (Wildman–Crippen LogP) is 5.32. The molecule has 1 aliphatic heterocycles. The van der Waals surface area contributed by atoms with E-state index in [0.717, 1.165) is 44.9 Å². The molecule has 0 aromatic rings. The van der Waals surface area contributed by atoms with E-state index >= 15 is 0 Å². The maximum Gasteiger partial charge on any atom is 0.305 e. The van der Waals surface area contributed by atoms with Gasteiger partial charge in [0, 0.05) is 19.3 Å². The second-order valence-electron chi connectivity index (χ2n) is 8.69. The van der Waals surface area contributed by atoms with E-state index in [9.17, 15) is 9.90 Å². The highest BCUT2D eigenvalue weighted by atomic mass is 16.7. The average molecular weight is 423 g/mol. The Morgan fingerprint density at radius 2 is 1.87 bits per heavy atom. The molecule has 2 unspecified atom stereocenters. The smallest absolute Gasteiger partial charge is 0.305 e. The van der Waals surface area contributed by atoms with E-state index < -0.39 is 5.79 Å². The third kappa shape index (κ3) is 8.52. The van der Waals surface area contributed by atoms with Crippen molar-refractivity contribution in [2.45, 2.75) is 95.9 Å². The van der Waals surface area contributed by atoms with Gasteiger partial charge >= 0.3 is 5.97 Å². The number of carbonyl (C=O) groups is 1. The fourth-order valence-corrected chi connectivity index (χ4v) is 4.55. The fraction of sp³-hybridized carbons (Fsp3) is 0.800. The first-order chi connectivity index (χ1) is 14.6. The van der Waals surface area contributed by atoms with Crippen molar-refractivity contribution in [3.63, 3.8) is 0 Å². The van der Waals surface area contributed by atoms with Gasteiger partial charge in [-0.1, -0.05) is 56.9 Å². The van der Waals surface area contributed by atoms with Gasteiger partial charge in [0.05, 0.1) is 26.4 Å². The minimum absolute atomic E-state index is 0.158. The summed E-state index contributed by atoms with van der Waals surface area (Å²) in [5, 5.41) is 10.4. The number of rotatable bonds is 15. The van der Waals surface area contributed by atoms with Crippen molar-refractivity contribution in [2.24, 2.45) is 11.8 Å². The number of aliphatic hydroxyl groups is 1. The van der Waals surface area contributed by atoms with Crippen LogP contribution in [0, 0.1) is 11.8 Å². The molecule has 5 heteroatoms. The van der Waals surface area contributed by atoms with E-state index in [1.54, 1.807) is 0 Å². The lowest BCUT2D eigenvalue weighted by atomic mass is 9.85. The Labute approximate surface area is 182 Å². The average Bonchev–Trinajstić information content (AvgIpc) is 3.36. The minimum atomic E-state index is -0.415. The normalized spacial score (nSPS) is 25.4. The van der Waals surface area contributed by atoms with Gasteiger partial charge in [0.2, 0.25) is 0 Å². The Morgan fingerprint density at radius 1 is 1.10 bits per heavy atom. The highest BCUT2D eigenvalue weighted by Crippen LogP contribution is 2.38. The molecule has 0 radical (unpaired) electrons. The van der Waals surface area contributed by atoms with E-state index in [1.807, 2.05) is 6.08 Å². The van der Waals surface area contributed by atoms with Crippen molar-refractivity contribution >= 4 is 5.97 Å². The van der Waals surface area contributed by atoms with Crippen LogP contribution >= 0.6 is 0 Å². The number of unbranched alkanes of at least 4 members (excludes halogenated alkanes) is 5. The molecule has 0 aromatic heterocycles. The van der Waals surface area contributed by atoms with Gasteiger partial charge < -0.3 is 19.3 Å². The number of hydrogen-bond acceptors (Lipinski definition) is 5. The first kappa shape index (κ1) is 25.1. The summed E-state index contributed by atoms with van der Waals surface area (Å²) in [7, 11) is 1.42. The maximum atomic E-state index is 11.2. The molecule has 2 rings (SSSR count). The molecule has 1 N–H and O–H groups in total. The molecule has 0 aromatic carbocycles. The third-order valence-corrected chi connectivity index (χ3v) is 6.43. The second-order valence-corrected chi connectivity index (χ2v) is 8.69. The monoisotopic (exact) mass is 422 g/mol. The van der Waals surface area contributed by atoms with Crippen molar-refractivity contribution in [1.29, 1.82) is 0 Å². The van der Waals surface area contributed by atoms with Crippen LogP contribution < -0.4 is 0 Å². The molecular formula is C25H42O5. The highest BCUT2D eigenvalue weighted by Gasteiger charge is 2.38. The molecule has 1 saturated heterocycles. The topological polar surface area (TPSA) is 65.0 Å². The van der Waals surface area contributed by atoms with Gasteiger partial charge in [0.1, 0.15) is 0 Å². The molecule has 5 nitrogen and oxygen atoms in total. The van der Waals surface area contributed by atoms with E-state index in [4.69, 9.17) is 9.47 Å². The summed E-state index contributed by atoms with van der Waals surface area (Å²) in [6.45, 7) is 3.62. The summed E-state index contributed by atoms with van der Waals surface area (Å²) in [5.41, 5.74) is 0. The van der Waals surface area contributed by atoms with E-state index in [-0.39, 0.29) is 18.0 Å². The third-order valence-electron chi connectivity index (χ3n) is 6.43. The van der Waals surface area contributed by atoms with Gasteiger partial charge in [0.25, 0.3) is 0 Å². The van der Waals surface area contributed by atoms with Gasteiger partial charge in [-0.05, 0) is 43.9 Å². The fourth-order valence-electron chi connectivity index (χ4n) is 4.55. The van der Waals surface area contributed by atoms with E-state index in [0.29, 0.717) is 25.6 Å². The first-order valence-electron chi connectivity index (χ1n) is 12.0. The quantitative estimate of drug-likeness (QED) is 0.220. The van der Waals surface area contributed by atoms with E-state index in [2.05, 4.69) is 29.9 Å². The standard InChI is InChI=1S/C25H42O5/c1-3-4-5-8-11-17-25(29-19-20-30-25)18-16-21-14-15-23(26)22(21)12-9-6-7-10-13-24(27)28-2/h6,9,14-15,21-23,26H,3-5,7-8,10-13,16-20H2,1-2H3/b9-6-/t21-,22?,23?/m1/s1. The number of methoxy groups -OCH3 is 1. The van der Waals surface area contributed by atoms with Crippen LogP contribution in [0.2, 0.25) is 0 Å². The molecule has 172 valence electrons. The Balaban J connectivity index is 1.74. The minimum Gasteiger partial charge on any atom is -0.469 e. The molecule has 0 bridgehead atoms. The van der Waals surface area contributed by atoms with Crippen molar-refractivity contribution in [1.82, 2.24) is 0 Å². The molecule has 1 aliphatic carbocycles. The summed E-state index contributed by atoms with van der Waals surface area (Å²) < 4.78 is 16.8. The molecule has 1 fully saturated rings. The Kier molecular flexibility index (Phi) is 11.7. The van der Waals surface area contributed by atoms with Crippen LogP contribution in [0.5, 0.6) is 0 Å². The molecule has 3 atom stereocenters. The Morgan fingerprint density at radius 3 is 2.60 bits per heavy atom. The molecular weight excluding hydrogens is 380 g/mol. The Bertz CT molecular complexity index is 536. The molecule has 0 amide bonds. The van der Waals surface area contributed by atoms with E-state index in [1.165, 1.54) is 32.8 Å². The van der Waals surface area contributed by atoms with Crippen LogP contribution in [-0.2, 0) is 19.0 Å². The summed E-state index contributed by atoms with van der Waals surface area (Å²) in [6, 6.07) is 0. The second kappa shape index (κ2) is 14.0. The molecule has 0 saturated carbocycles. The number of allylic oxidation sites excluding steroid dienone is 3. The SMILES string of the molecule is CCCCCCCC1(CC[C@H]2C=CC(O)C2C/C=C\CCCC(=O)OC)OCCO1. The molecule has 30 heavy (non-hydrogen) atoms. The van der Waals surface area contributed by atoms with Crippen molar-refractivity contribution in [2.75, 3.05) is 20.3 Å². The summed E-state index contributed by atoms with van der Waals surface area (Å²) >= 11 is 0. The number of hydrogen-bond donors (Lipinski definition) is 1. The number of ether oxygens (including phenoxy) is 3. The Hall–Kier alpha value is -1.17. The van der Waals surface area contributed by atoms with Crippen LogP contribution in [0.1, 0.15) is 84.0 Å². The van der Waals surface area contributed by atoms with Crippen molar-refractivity contribution in [3.8, 4) is 0 Å². The number of esters is 1. The van der Waals surface area contributed by atoms with Crippen molar-refractivity contribution < 1.29 is 24.1 Å². The lowest BCUT2D eigenvalue weighted by Gasteiger charge is -2.30. The lowest BCUT2D eigenvalue weighted by molar-refractivity contribution is -0.170. The van der Waals surface area contributed by atoms with Crippen molar-refractivity contribution in [3.05, 3.63) is 24.3 Å². The summed E-state index contributed by atoms with van der Waals surface area (Å²) in [5.74, 6) is -0.00845. The van der Waals surface area contributed by atoms with Crippen LogP contribution in [0.15, 0.2) is 24.3 Å². The highest BCUT2D eigenvalue weighted by molar-refractivity contribution is 5.69. The van der Waals surface area contributed by atoms with Gasteiger partial charge in [-0.2, -0.15) is 0 Å². The summed E-state index contributed by atoms with van der Waals surface area (Å²) in [6.07, 6.45) is 20.0. The number of carbonyl (C=O) groups excluding carboxylic acids is 1. The zero-order valence-corrected chi connectivity index (χ0v) is 19.0. The van der Waals surface area contributed by atoms with Crippen LogP contribution in [0.4, 0.5) is 0 Å². The van der Waals surface area contributed by atoms with Gasteiger partial charge in [-0.15, -0.1) is 0 Å². The zero-order valence-electron chi connectivity index (χ0n) is 19.0. The maximum absolute atomic E-state index is 11.2. The summed E-state index contributed by atoms with van der Waals surface area (Å²) in [4.78, 5) is 11.2. The van der Waals surface area contributed by atoms with Crippen LogP contribution in [0.25, 0.3) is 0 Å². The van der Waals surface area contributed by atoms with Crippen LogP contribution in [0.3, 0.4) is 0 Å². The lowest BCUT2D eigenvalue weighted by Crippen LogP contribution is -2.31. The molecule has 0 spiro atoms.